The van der Waals surface area contributed by atoms with Gasteiger partial charge in [-0.3, -0.25) is 4.79 Å². The van der Waals surface area contributed by atoms with Crippen LogP contribution in [0.1, 0.15) is 36.7 Å². The Morgan fingerprint density at radius 2 is 1.75 bits per heavy atom. The van der Waals surface area contributed by atoms with Gasteiger partial charge in [0.2, 0.25) is 0 Å². The van der Waals surface area contributed by atoms with Gasteiger partial charge in [0.25, 0.3) is 5.91 Å². The lowest BCUT2D eigenvalue weighted by Gasteiger charge is -2.19. The molecule has 5 heteroatoms. The summed E-state index contributed by atoms with van der Waals surface area (Å²) in [6.45, 7) is 7.11. The van der Waals surface area contributed by atoms with Gasteiger partial charge in [0.05, 0.1) is 11.6 Å². The molecule has 0 saturated carbocycles. The minimum Gasteiger partial charge on any atom is -0.490 e. The highest BCUT2D eigenvalue weighted by Gasteiger charge is 2.14. The topological polar surface area (TPSA) is 38.3 Å². The van der Waals surface area contributed by atoms with Crippen molar-refractivity contribution < 1.29 is 9.53 Å². The number of amides is 1. The van der Waals surface area contributed by atoms with Crippen LogP contribution in [0, 0.1) is 0 Å². The van der Waals surface area contributed by atoms with Crippen molar-refractivity contribution in [2.24, 2.45) is 0 Å². The first-order valence-electron chi connectivity index (χ1n) is 7.74. The molecule has 0 atom stereocenters. The van der Waals surface area contributed by atoms with E-state index >= 15 is 0 Å². The summed E-state index contributed by atoms with van der Waals surface area (Å²) in [4.78, 5) is 12.1. The highest BCUT2D eigenvalue weighted by atomic mass is 35.5. The van der Waals surface area contributed by atoms with E-state index in [9.17, 15) is 4.79 Å². The van der Waals surface area contributed by atoms with Gasteiger partial charge in [0.1, 0.15) is 17.4 Å². The Bertz CT molecular complexity index is 706. The molecule has 2 aromatic rings. The molecule has 0 saturated heterocycles. The lowest BCUT2D eigenvalue weighted by atomic mass is 9.87. The van der Waals surface area contributed by atoms with Gasteiger partial charge in [-0.05, 0) is 35.2 Å². The molecule has 128 valence electrons. The van der Waals surface area contributed by atoms with Crippen molar-refractivity contribution in [1.29, 1.82) is 0 Å². The van der Waals surface area contributed by atoms with Crippen molar-refractivity contribution in [2.45, 2.75) is 26.2 Å². The molecule has 0 radical (unpaired) electrons. The van der Waals surface area contributed by atoms with E-state index in [1.807, 2.05) is 24.3 Å². The third kappa shape index (κ3) is 4.89. The van der Waals surface area contributed by atoms with Crippen molar-refractivity contribution in [3.63, 3.8) is 0 Å². The van der Waals surface area contributed by atoms with E-state index in [4.69, 9.17) is 27.9 Å². The highest BCUT2D eigenvalue weighted by molar-refractivity contribution is 6.42. The molecule has 0 bridgehead atoms. The summed E-state index contributed by atoms with van der Waals surface area (Å²) >= 11 is 12.0. The summed E-state index contributed by atoms with van der Waals surface area (Å²) in [7, 11) is 0. The molecule has 0 unspecified atom stereocenters. The molecule has 2 aromatic carbocycles. The number of hydrogen-bond donors (Lipinski definition) is 1. The molecular formula is C19H21Cl2NO2. The number of carbonyl (C=O) groups excluding carboxylic acids is 1. The summed E-state index contributed by atoms with van der Waals surface area (Å²) in [6, 6.07) is 12.8. The summed E-state index contributed by atoms with van der Waals surface area (Å²) in [6.07, 6.45) is 0. The van der Waals surface area contributed by atoms with Crippen LogP contribution in [0.5, 0.6) is 5.75 Å². The van der Waals surface area contributed by atoms with Gasteiger partial charge in [-0.15, -0.1) is 0 Å². The van der Waals surface area contributed by atoms with Gasteiger partial charge in [0.15, 0.2) is 0 Å². The first kappa shape index (κ1) is 18.6. The Morgan fingerprint density at radius 1 is 1.08 bits per heavy atom. The average molecular weight is 366 g/mol. The second-order valence-electron chi connectivity index (χ2n) is 6.48. The minimum atomic E-state index is -0.128. The second kappa shape index (κ2) is 7.91. The zero-order chi connectivity index (χ0) is 17.7. The lowest BCUT2D eigenvalue weighted by molar-refractivity contribution is 0.0947. The van der Waals surface area contributed by atoms with Crippen molar-refractivity contribution in [3.05, 3.63) is 63.6 Å². The van der Waals surface area contributed by atoms with E-state index in [2.05, 4.69) is 26.1 Å². The molecule has 0 aromatic heterocycles. The maximum atomic E-state index is 12.1. The van der Waals surface area contributed by atoms with Crippen LogP contribution in [0.4, 0.5) is 0 Å². The fourth-order valence-corrected chi connectivity index (χ4v) is 2.49. The van der Waals surface area contributed by atoms with Crippen LogP contribution in [0.25, 0.3) is 0 Å². The first-order valence-corrected chi connectivity index (χ1v) is 8.50. The van der Waals surface area contributed by atoms with Crippen LogP contribution in [-0.2, 0) is 5.41 Å². The molecule has 0 spiro atoms. The fourth-order valence-electron chi connectivity index (χ4n) is 2.14. The Kier molecular flexibility index (Phi) is 6.14. The summed E-state index contributed by atoms with van der Waals surface area (Å²) < 4.78 is 5.54. The van der Waals surface area contributed by atoms with Gasteiger partial charge >= 0.3 is 0 Å². The Morgan fingerprint density at radius 3 is 2.38 bits per heavy atom. The van der Waals surface area contributed by atoms with Crippen LogP contribution in [-0.4, -0.2) is 19.1 Å². The van der Waals surface area contributed by atoms with Crippen LogP contribution in [0.3, 0.4) is 0 Å². The molecule has 1 N–H and O–H groups in total. The normalized spacial score (nSPS) is 11.2. The molecule has 2 rings (SSSR count). The lowest BCUT2D eigenvalue weighted by Crippen LogP contribution is -2.28. The van der Waals surface area contributed by atoms with Crippen LogP contribution in [0.2, 0.25) is 10.0 Å². The van der Waals surface area contributed by atoms with E-state index in [1.165, 1.54) is 5.56 Å². The molecule has 0 aliphatic carbocycles. The quantitative estimate of drug-likeness (QED) is 0.748. The molecule has 1 amide bonds. The smallest absolute Gasteiger partial charge is 0.251 e. The Hall–Kier alpha value is -1.71. The van der Waals surface area contributed by atoms with Crippen LogP contribution in [0.15, 0.2) is 42.5 Å². The van der Waals surface area contributed by atoms with Gasteiger partial charge in [-0.25, -0.2) is 0 Å². The number of rotatable bonds is 5. The van der Waals surface area contributed by atoms with Crippen molar-refractivity contribution >= 4 is 29.1 Å². The third-order valence-corrected chi connectivity index (χ3v) is 4.38. The SMILES string of the molecule is CC(C)(C)c1ccc(C(=O)NCCOc2cccc(Cl)c2Cl)cc1. The van der Waals surface area contributed by atoms with Crippen molar-refractivity contribution in [3.8, 4) is 5.75 Å². The van der Waals surface area contributed by atoms with E-state index in [-0.39, 0.29) is 11.3 Å². The molecule has 3 nitrogen and oxygen atoms in total. The van der Waals surface area contributed by atoms with Gasteiger partial charge in [-0.2, -0.15) is 0 Å². The predicted molar refractivity (Wildman–Crippen MR) is 99.4 cm³/mol. The second-order valence-corrected chi connectivity index (χ2v) is 7.27. The maximum Gasteiger partial charge on any atom is 0.251 e. The zero-order valence-electron chi connectivity index (χ0n) is 14.0. The largest absolute Gasteiger partial charge is 0.490 e. The van der Waals surface area contributed by atoms with Crippen LogP contribution >= 0.6 is 23.2 Å². The Balaban J connectivity index is 1.84. The van der Waals surface area contributed by atoms with Crippen molar-refractivity contribution in [1.82, 2.24) is 5.32 Å². The molecule has 24 heavy (non-hydrogen) atoms. The summed E-state index contributed by atoms with van der Waals surface area (Å²) in [5.41, 5.74) is 1.89. The van der Waals surface area contributed by atoms with Gasteiger partial charge in [-0.1, -0.05) is 62.2 Å². The zero-order valence-corrected chi connectivity index (χ0v) is 15.5. The monoisotopic (exact) mass is 365 g/mol. The van der Waals surface area contributed by atoms with E-state index in [0.29, 0.717) is 34.5 Å². The third-order valence-electron chi connectivity index (χ3n) is 3.57. The highest BCUT2D eigenvalue weighted by Crippen LogP contribution is 2.31. The van der Waals surface area contributed by atoms with Crippen molar-refractivity contribution in [2.75, 3.05) is 13.2 Å². The standard InChI is InChI=1S/C19H21Cl2NO2/c1-19(2,3)14-9-7-13(8-10-14)18(23)22-11-12-24-16-6-4-5-15(20)17(16)21/h4-10H,11-12H2,1-3H3,(H,22,23). The molecule has 0 fully saturated rings. The number of nitrogens with one attached hydrogen (secondary N) is 1. The van der Waals surface area contributed by atoms with Gasteiger partial charge < -0.3 is 10.1 Å². The predicted octanol–water partition coefficient (Wildman–Crippen LogP) is 5.10. The molecule has 0 aliphatic rings. The van der Waals surface area contributed by atoms with Gasteiger partial charge in [0, 0.05) is 5.56 Å². The molecule has 0 aliphatic heterocycles. The maximum absolute atomic E-state index is 12.1. The molecular weight excluding hydrogens is 345 g/mol. The number of hydrogen-bond acceptors (Lipinski definition) is 2. The average Bonchev–Trinajstić information content (AvgIpc) is 2.54. The van der Waals surface area contributed by atoms with E-state index < -0.39 is 0 Å². The minimum absolute atomic E-state index is 0.0685. The summed E-state index contributed by atoms with van der Waals surface area (Å²) in [5.74, 6) is 0.379. The number of ether oxygens (including phenoxy) is 1. The van der Waals surface area contributed by atoms with E-state index in [1.54, 1.807) is 18.2 Å². The molecule has 0 heterocycles. The fraction of sp³-hybridized carbons (Fsp3) is 0.316. The van der Waals surface area contributed by atoms with Crippen LogP contribution < -0.4 is 10.1 Å². The first-order chi connectivity index (χ1) is 11.3. The number of benzene rings is 2. The van der Waals surface area contributed by atoms with E-state index in [0.717, 1.165) is 0 Å². The summed E-state index contributed by atoms with van der Waals surface area (Å²) in [5, 5.41) is 3.64. The number of carbonyl (C=O) groups is 1. The Labute approximate surface area is 152 Å². The number of halogens is 2.